The maximum atomic E-state index is 5.85. The summed E-state index contributed by atoms with van der Waals surface area (Å²) in [5.41, 5.74) is 0. The zero-order valence-corrected chi connectivity index (χ0v) is 11.7. The van der Waals surface area contributed by atoms with Crippen LogP contribution in [0.2, 0.25) is 0 Å². The van der Waals surface area contributed by atoms with Crippen molar-refractivity contribution in [1.82, 2.24) is 9.80 Å². The van der Waals surface area contributed by atoms with Gasteiger partial charge in [-0.3, -0.25) is 4.90 Å². The summed E-state index contributed by atoms with van der Waals surface area (Å²) >= 11 is 5.79. The Labute approximate surface area is 110 Å². The van der Waals surface area contributed by atoms with E-state index in [-0.39, 0.29) is 0 Å². The van der Waals surface area contributed by atoms with Gasteiger partial charge in [0, 0.05) is 31.6 Å². The largest absolute Gasteiger partial charge is 0.374 e. The lowest BCUT2D eigenvalue weighted by Crippen LogP contribution is -2.47. The Morgan fingerprint density at radius 3 is 3.00 bits per heavy atom. The quantitative estimate of drug-likeness (QED) is 0.701. The fraction of sp³-hybridized carbons (Fsp3) is 1.00. The highest BCUT2D eigenvalue weighted by Crippen LogP contribution is 2.22. The average Bonchev–Trinajstić information content (AvgIpc) is 2.74. The standard InChI is InChI=1S/C13H25ClN2O/c1-15-8-9-17-13(10-15)11-16-7-3-5-12(16)4-2-6-14/h12-13H,2-11H2,1H3. The van der Waals surface area contributed by atoms with Crippen molar-refractivity contribution in [3.05, 3.63) is 0 Å². The first kappa shape index (κ1) is 13.6. The van der Waals surface area contributed by atoms with Gasteiger partial charge in [-0.1, -0.05) is 0 Å². The van der Waals surface area contributed by atoms with Gasteiger partial charge in [0.2, 0.25) is 0 Å². The van der Waals surface area contributed by atoms with E-state index >= 15 is 0 Å². The van der Waals surface area contributed by atoms with Gasteiger partial charge < -0.3 is 9.64 Å². The molecule has 2 saturated heterocycles. The fourth-order valence-corrected chi connectivity index (χ4v) is 3.17. The summed E-state index contributed by atoms with van der Waals surface area (Å²) in [7, 11) is 2.19. The molecule has 0 aromatic heterocycles. The van der Waals surface area contributed by atoms with Gasteiger partial charge in [0.15, 0.2) is 0 Å². The van der Waals surface area contributed by atoms with E-state index in [4.69, 9.17) is 16.3 Å². The van der Waals surface area contributed by atoms with Crippen molar-refractivity contribution in [1.29, 1.82) is 0 Å². The van der Waals surface area contributed by atoms with Crippen LogP contribution in [0, 0.1) is 0 Å². The van der Waals surface area contributed by atoms with Crippen molar-refractivity contribution < 1.29 is 4.74 Å². The lowest BCUT2D eigenvalue weighted by atomic mass is 10.1. The molecular weight excluding hydrogens is 236 g/mol. The molecule has 0 aromatic rings. The van der Waals surface area contributed by atoms with Gasteiger partial charge in [0.25, 0.3) is 0 Å². The smallest absolute Gasteiger partial charge is 0.0829 e. The first-order chi connectivity index (χ1) is 8.29. The van der Waals surface area contributed by atoms with E-state index in [1.807, 2.05) is 0 Å². The number of morpholine rings is 1. The fourth-order valence-electron chi connectivity index (χ4n) is 3.01. The van der Waals surface area contributed by atoms with Crippen molar-refractivity contribution in [2.75, 3.05) is 45.7 Å². The third kappa shape index (κ3) is 4.09. The van der Waals surface area contributed by atoms with E-state index < -0.39 is 0 Å². The molecule has 0 aliphatic carbocycles. The third-order valence-electron chi connectivity index (χ3n) is 3.95. The van der Waals surface area contributed by atoms with E-state index in [2.05, 4.69) is 16.8 Å². The highest BCUT2D eigenvalue weighted by Gasteiger charge is 2.28. The molecule has 0 amide bonds. The Morgan fingerprint density at radius 1 is 1.35 bits per heavy atom. The summed E-state index contributed by atoms with van der Waals surface area (Å²) in [6.45, 7) is 5.40. The van der Waals surface area contributed by atoms with Crippen LogP contribution in [0.3, 0.4) is 0 Å². The van der Waals surface area contributed by atoms with Crippen molar-refractivity contribution in [2.24, 2.45) is 0 Å². The van der Waals surface area contributed by atoms with Crippen LogP contribution in [-0.4, -0.2) is 67.7 Å². The molecule has 2 heterocycles. The van der Waals surface area contributed by atoms with Gasteiger partial charge in [0.1, 0.15) is 0 Å². The van der Waals surface area contributed by atoms with Gasteiger partial charge in [-0.15, -0.1) is 11.6 Å². The Hall–Kier alpha value is 0.170. The Balaban J connectivity index is 1.76. The minimum absolute atomic E-state index is 0.408. The SMILES string of the molecule is CN1CCOC(CN2CCCC2CCCCl)C1. The second-order valence-corrected chi connectivity index (χ2v) is 5.76. The molecule has 0 radical (unpaired) electrons. The van der Waals surface area contributed by atoms with E-state index in [0.29, 0.717) is 6.10 Å². The number of halogens is 1. The monoisotopic (exact) mass is 260 g/mol. The molecule has 0 N–H and O–H groups in total. The van der Waals surface area contributed by atoms with Crippen LogP contribution >= 0.6 is 11.6 Å². The first-order valence-electron chi connectivity index (χ1n) is 6.89. The van der Waals surface area contributed by atoms with Crippen molar-refractivity contribution in [3.8, 4) is 0 Å². The van der Waals surface area contributed by atoms with Crippen LogP contribution in [0.5, 0.6) is 0 Å². The van der Waals surface area contributed by atoms with Crippen LogP contribution in [0.4, 0.5) is 0 Å². The summed E-state index contributed by atoms with van der Waals surface area (Å²) < 4.78 is 5.85. The number of likely N-dealkylation sites (tertiary alicyclic amines) is 1. The molecule has 17 heavy (non-hydrogen) atoms. The highest BCUT2D eigenvalue weighted by molar-refractivity contribution is 6.17. The Bertz CT molecular complexity index is 227. The minimum Gasteiger partial charge on any atom is -0.374 e. The summed E-state index contributed by atoms with van der Waals surface area (Å²) in [5.74, 6) is 0.799. The summed E-state index contributed by atoms with van der Waals surface area (Å²) in [4.78, 5) is 4.99. The minimum atomic E-state index is 0.408. The number of likely N-dealkylation sites (N-methyl/N-ethyl adjacent to an activating group) is 1. The van der Waals surface area contributed by atoms with Gasteiger partial charge in [-0.2, -0.15) is 0 Å². The van der Waals surface area contributed by atoms with Crippen LogP contribution in [0.1, 0.15) is 25.7 Å². The molecule has 2 fully saturated rings. The van der Waals surface area contributed by atoms with Crippen molar-refractivity contribution in [3.63, 3.8) is 0 Å². The van der Waals surface area contributed by atoms with Crippen LogP contribution < -0.4 is 0 Å². The topological polar surface area (TPSA) is 15.7 Å². The molecule has 4 heteroatoms. The summed E-state index contributed by atoms with van der Waals surface area (Å²) in [5, 5.41) is 0. The molecule has 0 saturated carbocycles. The zero-order valence-electron chi connectivity index (χ0n) is 10.9. The number of rotatable bonds is 5. The van der Waals surface area contributed by atoms with E-state index in [1.54, 1.807) is 0 Å². The highest BCUT2D eigenvalue weighted by atomic mass is 35.5. The summed E-state index contributed by atoms with van der Waals surface area (Å²) in [6, 6.07) is 0.754. The predicted octanol–water partition coefficient (Wildman–Crippen LogP) is 1.80. The Kier molecular flexibility index (Phi) is 5.54. The molecule has 2 atom stereocenters. The normalized spacial score (nSPS) is 32.1. The molecule has 2 aliphatic heterocycles. The molecular formula is C13H25ClN2O. The second-order valence-electron chi connectivity index (χ2n) is 5.38. The molecule has 2 unspecified atom stereocenters. The lowest BCUT2D eigenvalue weighted by molar-refractivity contribution is -0.0375. The number of ether oxygens (including phenoxy) is 1. The third-order valence-corrected chi connectivity index (χ3v) is 4.22. The lowest BCUT2D eigenvalue weighted by Gasteiger charge is -2.34. The van der Waals surface area contributed by atoms with Gasteiger partial charge in [-0.25, -0.2) is 0 Å². The Morgan fingerprint density at radius 2 is 2.24 bits per heavy atom. The first-order valence-corrected chi connectivity index (χ1v) is 7.43. The van der Waals surface area contributed by atoms with E-state index in [0.717, 1.165) is 44.6 Å². The van der Waals surface area contributed by atoms with Gasteiger partial charge in [0.05, 0.1) is 12.7 Å². The van der Waals surface area contributed by atoms with E-state index in [1.165, 1.54) is 25.8 Å². The molecule has 0 spiro atoms. The van der Waals surface area contributed by atoms with Crippen LogP contribution in [0.15, 0.2) is 0 Å². The van der Waals surface area contributed by atoms with E-state index in [9.17, 15) is 0 Å². The number of alkyl halides is 1. The molecule has 2 aliphatic rings. The maximum Gasteiger partial charge on any atom is 0.0829 e. The number of nitrogens with zero attached hydrogens (tertiary/aromatic N) is 2. The molecule has 2 rings (SSSR count). The molecule has 100 valence electrons. The van der Waals surface area contributed by atoms with Crippen LogP contribution in [-0.2, 0) is 4.74 Å². The van der Waals surface area contributed by atoms with Crippen LogP contribution in [0.25, 0.3) is 0 Å². The predicted molar refractivity (Wildman–Crippen MR) is 71.8 cm³/mol. The summed E-state index contributed by atoms with van der Waals surface area (Å²) in [6.07, 6.45) is 5.50. The second kappa shape index (κ2) is 6.93. The molecule has 0 aromatic carbocycles. The number of hydrogen-bond donors (Lipinski definition) is 0. The zero-order chi connectivity index (χ0) is 12.1. The maximum absolute atomic E-state index is 5.85. The molecule has 0 bridgehead atoms. The van der Waals surface area contributed by atoms with Crippen molar-refractivity contribution in [2.45, 2.75) is 37.8 Å². The van der Waals surface area contributed by atoms with Crippen molar-refractivity contribution >= 4 is 11.6 Å². The number of hydrogen-bond acceptors (Lipinski definition) is 3. The average molecular weight is 261 g/mol. The molecule has 3 nitrogen and oxygen atoms in total. The van der Waals surface area contributed by atoms with Gasteiger partial charge >= 0.3 is 0 Å². The van der Waals surface area contributed by atoms with Gasteiger partial charge in [-0.05, 0) is 39.3 Å².